The van der Waals surface area contributed by atoms with Gasteiger partial charge in [0, 0.05) is 6.54 Å². The Bertz CT molecular complexity index is 988. The molecular formula is C19H18ClN3O2S. The molecule has 3 rings (SSSR count). The number of nitrogens with zero attached hydrogens (tertiary/aromatic N) is 1. The maximum atomic E-state index is 12.4. The molecule has 1 aromatic heterocycles. The van der Waals surface area contributed by atoms with Crippen LogP contribution < -0.4 is 10.0 Å². The molecule has 0 saturated carbocycles. The number of aromatic nitrogens is 1. The molecule has 0 fully saturated rings. The highest BCUT2D eigenvalue weighted by molar-refractivity contribution is 7.92. The zero-order valence-corrected chi connectivity index (χ0v) is 15.7. The third kappa shape index (κ3) is 4.53. The Kier molecular flexibility index (Phi) is 5.44. The summed E-state index contributed by atoms with van der Waals surface area (Å²) in [5.74, 6) is 0.659. The SMILES string of the molecule is Cc1ccc(CNc2ccc(NS(=O)(=O)c3ccccc3Cl)cn2)cc1. The first kappa shape index (κ1) is 18.2. The second-order valence-electron chi connectivity index (χ2n) is 5.81. The predicted molar refractivity (Wildman–Crippen MR) is 105 cm³/mol. The number of hydrogen-bond acceptors (Lipinski definition) is 4. The number of benzene rings is 2. The van der Waals surface area contributed by atoms with E-state index in [1.807, 2.05) is 6.92 Å². The van der Waals surface area contributed by atoms with Gasteiger partial charge in [0.1, 0.15) is 10.7 Å². The molecule has 0 aliphatic heterocycles. The number of halogens is 1. The Balaban J connectivity index is 1.66. The average Bonchev–Trinajstić information content (AvgIpc) is 2.62. The minimum absolute atomic E-state index is 0.0308. The number of nitrogens with one attached hydrogen (secondary N) is 2. The van der Waals surface area contributed by atoms with Crippen molar-refractivity contribution in [2.45, 2.75) is 18.4 Å². The van der Waals surface area contributed by atoms with E-state index < -0.39 is 10.0 Å². The lowest BCUT2D eigenvalue weighted by Crippen LogP contribution is -2.13. The predicted octanol–water partition coefficient (Wildman–Crippen LogP) is 4.46. The molecule has 3 aromatic rings. The van der Waals surface area contributed by atoms with Crippen LogP contribution in [-0.4, -0.2) is 13.4 Å². The van der Waals surface area contributed by atoms with Crippen LogP contribution in [0, 0.1) is 6.92 Å². The number of pyridine rings is 1. The molecule has 2 aromatic carbocycles. The van der Waals surface area contributed by atoms with Gasteiger partial charge in [-0.1, -0.05) is 53.6 Å². The number of aryl methyl sites for hydroxylation is 1. The molecule has 26 heavy (non-hydrogen) atoms. The van der Waals surface area contributed by atoms with Crippen molar-refractivity contribution in [1.29, 1.82) is 0 Å². The number of rotatable bonds is 6. The molecule has 7 heteroatoms. The molecule has 0 spiro atoms. The van der Waals surface area contributed by atoms with E-state index in [9.17, 15) is 8.42 Å². The molecule has 2 N–H and O–H groups in total. The summed E-state index contributed by atoms with van der Waals surface area (Å²) in [5, 5.41) is 3.37. The summed E-state index contributed by atoms with van der Waals surface area (Å²) >= 11 is 5.96. The fourth-order valence-electron chi connectivity index (χ4n) is 2.33. The quantitative estimate of drug-likeness (QED) is 0.655. The van der Waals surface area contributed by atoms with Gasteiger partial charge in [-0.3, -0.25) is 4.72 Å². The molecule has 0 unspecified atom stereocenters. The van der Waals surface area contributed by atoms with Crippen LogP contribution in [0.1, 0.15) is 11.1 Å². The van der Waals surface area contributed by atoms with Crippen molar-refractivity contribution >= 4 is 33.1 Å². The maximum Gasteiger partial charge on any atom is 0.263 e. The Labute approximate surface area is 158 Å². The van der Waals surface area contributed by atoms with Crippen LogP contribution >= 0.6 is 11.6 Å². The third-order valence-electron chi connectivity index (χ3n) is 3.74. The molecule has 0 radical (unpaired) electrons. The molecule has 5 nitrogen and oxygen atoms in total. The van der Waals surface area contributed by atoms with Crippen molar-refractivity contribution < 1.29 is 8.42 Å². The lowest BCUT2D eigenvalue weighted by atomic mass is 10.1. The van der Waals surface area contributed by atoms with Crippen LogP contribution in [0.25, 0.3) is 0 Å². The van der Waals surface area contributed by atoms with Crippen molar-refractivity contribution in [3.8, 4) is 0 Å². The third-order valence-corrected chi connectivity index (χ3v) is 5.62. The van der Waals surface area contributed by atoms with Gasteiger partial charge >= 0.3 is 0 Å². The lowest BCUT2D eigenvalue weighted by molar-refractivity contribution is 0.601. The van der Waals surface area contributed by atoms with Gasteiger partial charge in [0.2, 0.25) is 0 Å². The molecule has 0 saturated heterocycles. The van der Waals surface area contributed by atoms with Crippen molar-refractivity contribution in [2.75, 3.05) is 10.0 Å². The van der Waals surface area contributed by atoms with Gasteiger partial charge in [-0.15, -0.1) is 0 Å². The fourth-order valence-corrected chi connectivity index (χ4v) is 3.89. The number of sulfonamides is 1. The normalized spacial score (nSPS) is 11.2. The van der Waals surface area contributed by atoms with Gasteiger partial charge in [0.05, 0.1) is 16.9 Å². The summed E-state index contributed by atoms with van der Waals surface area (Å²) in [5.41, 5.74) is 2.72. The largest absolute Gasteiger partial charge is 0.366 e. The smallest absolute Gasteiger partial charge is 0.263 e. The molecule has 0 aliphatic carbocycles. The van der Waals surface area contributed by atoms with Crippen molar-refractivity contribution in [2.24, 2.45) is 0 Å². The van der Waals surface area contributed by atoms with Gasteiger partial charge in [-0.25, -0.2) is 13.4 Å². The van der Waals surface area contributed by atoms with Crippen LogP contribution in [0.3, 0.4) is 0 Å². The summed E-state index contributed by atoms with van der Waals surface area (Å²) in [6.45, 7) is 2.68. The highest BCUT2D eigenvalue weighted by atomic mass is 35.5. The van der Waals surface area contributed by atoms with Crippen LogP contribution in [0.4, 0.5) is 11.5 Å². The molecule has 0 amide bonds. The van der Waals surface area contributed by atoms with E-state index in [1.165, 1.54) is 23.9 Å². The van der Waals surface area contributed by atoms with E-state index in [0.717, 1.165) is 5.56 Å². The Morgan fingerprint density at radius 1 is 1.00 bits per heavy atom. The molecular weight excluding hydrogens is 370 g/mol. The van der Waals surface area contributed by atoms with Crippen molar-refractivity contribution in [3.05, 3.63) is 83.0 Å². The molecule has 0 atom stereocenters. The topological polar surface area (TPSA) is 71.1 Å². The van der Waals surface area contributed by atoms with Gasteiger partial charge in [0.15, 0.2) is 0 Å². The van der Waals surface area contributed by atoms with Crippen molar-refractivity contribution in [3.63, 3.8) is 0 Å². The van der Waals surface area contributed by atoms with Gasteiger partial charge in [-0.05, 0) is 36.8 Å². The second kappa shape index (κ2) is 7.76. The summed E-state index contributed by atoms with van der Waals surface area (Å²) in [6, 6.07) is 17.9. The first-order chi connectivity index (χ1) is 12.4. The minimum Gasteiger partial charge on any atom is -0.366 e. The van der Waals surface area contributed by atoms with E-state index in [-0.39, 0.29) is 9.92 Å². The molecule has 134 valence electrons. The van der Waals surface area contributed by atoms with Crippen LogP contribution in [0.5, 0.6) is 0 Å². The first-order valence-corrected chi connectivity index (χ1v) is 9.83. The zero-order valence-electron chi connectivity index (χ0n) is 14.1. The molecule has 0 aliphatic rings. The highest BCUT2D eigenvalue weighted by Crippen LogP contribution is 2.23. The Morgan fingerprint density at radius 3 is 2.38 bits per heavy atom. The van der Waals surface area contributed by atoms with E-state index >= 15 is 0 Å². The van der Waals surface area contributed by atoms with Gasteiger partial charge in [0.25, 0.3) is 10.0 Å². The fraction of sp³-hybridized carbons (Fsp3) is 0.105. The highest BCUT2D eigenvalue weighted by Gasteiger charge is 2.17. The Morgan fingerprint density at radius 2 is 1.73 bits per heavy atom. The Hall–Kier alpha value is -2.57. The monoisotopic (exact) mass is 387 g/mol. The van der Waals surface area contributed by atoms with E-state index in [2.05, 4.69) is 39.3 Å². The van der Waals surface area contributed by atoms with E-state index in [4.69, 9.17) is 11.6 Å². The van der Waals surface area contributed by atoms with Crippen LogP contribution in [0.2, 0.25) is 5.02 Å². The molecule has 1 heterocycles. The van der Waals surface area contributed by atoms with E-state index in [1.54, 1.807) is 24.3 Å². The standard InChI is InChI=1S/C19H18ClN3O2S/c1-14-6-8-15(9-7-14)12-21-19-11-10-16(13-22-19)23-26(24,25)18-5-3-2-4-17(18)20/h2-11,13,23H,12H2,1H3,(H,21,22). The maximum absolute atomic E-state index is 12.4. The summed E-state index contributed by atoms with van der Waals surface area (Å²) in [4.78, 5) is 4.27. The number of hydrogen-bond donors (Lipinski definition) is 2. The summed E-state index contributed by atoms with van der Waals surface area (Å²) in [7, 11) is -3.76. The minimum atomic E-state index is -3.76. The van der Waals surface area contributed by atoms with Crippen LogP contribution in [0.15, 0.2) is 71.8 Å². The lowest BCUT2D eigenvalue weighted by Gasteiger charge is -2.10. The van der Waals surface area contributed by atoms with Crippen LogP contribution in [-0.2, 0) is 16.6 Å². The average molecular weight is 388 g/mol. The summed E-state index contributed by atoms with van der Waals surface area (Å²) < 4.78 is 27.3. The molecule has 0 bridgehead atoms. The zero-order chi connectivity index (χ0) is 18.6. The number of anilines is 2. The van der Waals surface area contributed by atoms with E-state index in [0.29, 0.717) is 18.1 Å². The second-order valence-corrected chi connectivity index (χ2v) is 7.87. The van der Waals surface area contributed by atoms with Gasteiger partial charge in [-0.2, -0.15) is 0 Å². The first-order valence-electron chi connectivity index (χ1n) is 7.97. The van der Waals surface area contributed by atoms with Crippen molar-refractivity contribution in [1.82, 2.24) is 4.98 Å². The van der Waals surface area contributed by atoms with Gasteiger partial charge < -0.3 is 5.32 Å². The summed E-state index contributed by atoms with van der Waals surface area (Å²) in [6.07, 6.45) is 1.46.